The second-order valence-electron chi connectivity index (χ2n) is 7.68. The number of hydrogen-bond acceptors (Lipinski definition) is 3. The van der Waals surface area contributed by atoms with Crippen LogP contribution in [0.3, 0.4) is 0 Å². The number of amides is 3. The van der Waals surface area contributed by atoms with Crippen molar-refractivity contribution in [3.8, 4) is 0 Å². The molecule has 7 heteroatoms. The number of carbonyl (C=O) groups excluding carboxylic acids is 3. The van der Waals surface area contributed by atoms with Gasteiger partial charge in [-0.05, 0) is 36.1 Å². The summed E-state index contributed by atoms with van der Waals surface area (Å²) in [6, 6.07) is 15.9. The summed E-state index contributed by atoms with van der Waals surface area (Å²) in [5, 5.41) is 2.59. The molecule has 0 bridgehead atoms. The summed E-state index contributed by atoms with van der Waals surface area (Å²) in [4.78, 5) is 40.2. The van der Waals surface area contributed by atoms with Gasteiger partial charge < -0.3 is 15.1 Å². The maximum atomic E-state index is 13.2. The minimum absolute atomic E-state index is 0.0241. The number of nitrogens with zero attached hydrogens (tertiary/aromatic N) is 2. The largest absolute Gasteiger partial charge is 0.347 e. The van der Waals surface area contributed by atoms with Crippen LogP contribution in [0.2, 0.25) is 0 Å². The molecular formula is C24H28FN3O3. The Morgan fingerprint density at radius 1 is 0.839 bits per heavy atom. The Hall–Kier alpha value is -3.22. The third-order valence-electron chi connectivity index (χ3n) is 5.37. The zero-order valence-electron chi connectivity index (χ0n) is 17.6. The van der Waals surface area contributed by atoms with Gasteiger partial charge in [0, 0.05) is 32.6 Å². The summed E-state index contributed by atoms with van der Waals surface area (Å²) >= 11 is 0. The van der Waals surface area contributed by atoms with Crippen molar-refractivity contribution in [1.29, 1.82) is 0 Å². The van der Waals surface area contributed by atoms with Crippen molar-refractivity contribution in [3.63, 3.8) is 0 Å². The average Bonchev–Trinajstić information content (AvgIpc) is 2.78. The van der Waals surface area contributed by atoms with E-state index in [1.54, 1.807) is 21.9 Å². The highest BCUT2D eigenvalue weighted by molar-refractivity contribution is 5.86. The Bertz CT molecular complexity index is 896. The van der Waals surface area contributed by atoms with Gasteiger partial charge in [-0.25, -0.2) is 4.39 Å². The molecule has 164 valence electrons. The van der Waals surface area contributed by atoms with E-state index in [2.05, 4.69) is 17.4 Å². The molecule has 0 aliphatic carbocycles. The van der Waals surface area contributed by atoms with Gasteiger partial charge in [0.2, 0.25) is 17.7 Å². The second-order valence-corrected chi connectivity index (χ2v) is 7.68. The summed E-state index contributed by atoms with van der Waals surface area (Å²) < 4.78 is 13.2. The van der Waals surface area contributed by atoms with Crippen LogP contribution in [-0.2, 0) is 27.2 Å². The predicted molar refractivity (Wildman–Crippen MR) is 116 cm³/mol. The first kappa shape index (κ1) is 22.5. The van der Waals surface area contributed by atoms with Gasteiger partial charge in [-0.3, -0.25) is 14.4 Å². The molecule has 2 aromatic rings. The summed E-state index contributed by atoms with van der Waals surface area (Å²) in [5.74, 6) is -0.782. The lowest BCUT2D eigenvalue weighted by Gasteiger charge is -2.35. The Morgan fingerprint density at radius 3 is 2.16 bits per heavy atom. The van der Waals surface area contributed by atoms with Crippen molar-refractivity contribution in [2.75, 3.05) is 32.7 Å². The molecule has 0 atom stereocenters. The fourth-order valence-corrected chi connectivity index (χ4v) is 3.63. The number of halogens is 1. The zero-order chi connectivity index (χ0) is 22.1. The van der Waals surface area contributed by atoms with E-state index in [1.807, 2.05) is 18.2 Å². The molecule has 3 amide bonds. The van der Waals surface area contributed by atoms with E-state index in [9.17, 15) is 18.8 Å². The number of benzene rings is 2. The quantitative estimate of drug-likeness (QED) is 0.705. The van der Waals surface area contributed by atoms with Crippen molar-refractivity contribution in [2.45, 2.75) is 25.7 Å². The lowest BCUT2D eigenvalue weighted by atomic mass is 10.1. The third-order valence-corrected chi connectivity index (χ3v) is 5.37. The first-order valence-corrected chi connectivity index (χ1v) is 10.6. The summed E-state index contributed by atoms with van der Waals surface area (Å²) in [6.07, 6.45) is 2.20. The summed E-state index contributed by atoms with van der Waals surface area (Å²) in [5.41, 5.74) is 1.79. The van der Waals surface area contributed by atoms with Crippen LogP contribution in [0.1, 0.15) is 24.0 Å². The van der Waals surface area contributed by atoms with Crippen LogP contribution < -0.4 is 5.32 Å². The molecule has 1 N–H and O–H groups in total. The SMILES string of the molecule is O=C(Cc1cccc(F)c1)NCC(=O)N1CCN(C(=O)CCCc2ccccc2)CC1. The van der Waals surface area contributed by atoms with Gasteiger partial charge in [-0.15, -0.1) is 0 Å². The molecule has 3 rings (SSSR count). The molecule has 0 radical (unpaired) electrons. The smallest absolute Gasteiger partial charge is 0.242 e. The van der Waals surface area contributed by atoms with E-state index in [0.717, 1.165) is 12.8 Å². The molecule has 1 fully saturated rings. The molecule has 1 aliphatic heterocycles. The maximum absolute atomic E-state index is 13.2. The number of carbonyl (C=O) groups is 3. The average molecular weight is 426 g/mol. The molecule has 1 saturated heterocycles. The van der Waals surface area contributed by atoms with Gasteiger partial charge in [0.15, 0.2) is 0 Å². The van der Waals surface area contributed by atoms with Crippen LogP contribution in [0.25, 0.3) is 0 Å². The third kappa shape index (κ3) is 7.20. The molecule has 0 aromatic heterocycles. The minimum Gasteiger partial charge on any atom is -0.347 e. The Kier molecular flexibility index (Phi) is 8.15. The topological polar surface area (TPSA) is 69.7 Å². The second kappa shape index (κ2) is 11.2. The van der Waals surface area contributed by atoms with Crippen LogP contribution in [0.4, 0.5) is 4.39 Å². The fourth-order valence-electron chi connectivity index (χ4n) is 3.63. The molecule has 0 spiro atoms. The van der Waals surface area contributed by atoms with E-state index >= 15 is 0 Å². The van der Waals surface area contributed by atoms with Crippen molar-refractivity contribution in [3.05, 3.63) is 71.5 Å². The highest BCUT2D eigenvalue weighted by Gasteiger charge is 2.24. The first-order valence-electron chi connectivity index (χ1n) is 10.6. The molecule has 31 heavy (non-hydrogen) atoms. The number of nitrogens with one attached hydrogen (secondary N) is 1. The number of piperazine rings is 1. The van der Waals surface area contributed by atoms with Crippen LogP contribution in [-0.4, -0.2) is 60.2 Å². The van der Waals surface area contributed by atoms with Crippen molar-refractivity contribution < 1.29 is 18.8 Å². The number of rotatable bonds is 8. The van der Waals surface area contributed by atoms with E-state index in [0.29, 0.717) is 38.2 Å². The van der Waals surface area contributed by atoms with E-state index < -0.39 is 5.82 Å². The lowest BCUT2D eigenvalue weighted by molar-refractivity contribution is -0.139. The minimum atomic E-state index is -0.395. The number of hydrogen-bond donors (Lipinski definition) is 1. The highest BCUT2D eigenvalue weighted by Crippen LogP contribution is 2.09. The van der Waals surface area contributed by atoms with Crippen molar-refractivity contribution in [1.82, 2.24) is 15.1 Å². The molecule has 0 saturated carbocycles. The van der Waals surface area contributed by atoms with E-state index in [-0.39, 0.29) is 30.7 Å². The van der Waals surface area contributed by atoms with E-state index in [1.165, 1.54) is 17.7 Å². The predicted octanol–water partition coefficient (Wildman–Crippen LogP) is 2.18. The monoisotopic (exact) mass is 425 g/mol. The Labute approximate surface area is 182 Å². The van der Waals surface area contributed by atoms with Crippen molar-refractivity contribution in [2.24, 2.45) is 0 Å². The summed E-state index contributed by atoms with van der Waals surface area (Å²) in [7, 11) is 0. The van der Waals surface area contributed by atoms with Gasteiger partial charge in [-0.2, -0.15) is 0 Å². The van der Waals surface area contributed by atoms with Gasteiger partial charge >= 0.3 is 0 Å². The van der Waals surface area contributed by atoms with E-state index in [4.69, 9.17) is 0 Å². The fraction of sp³-hybridized carbons (Fsp3) is 0.375. The molecule has 2 aromatic carbocycles. The van der Waals surface area contributed by atoms with Gasteiger partial charge in [0.1, 0.15) is 5.82 Å². The Morgan fingerprint density at radius 2 is 1.48 bits per heavy atom. The normalized spacial score (nSPS) is 13.7. The highest BCUT2D eigenvalue weighted by atomic mass is 19.1. The van der Waals surface area contributed by atoms with Crippen LogP contribution in [0.5, 0.6) is 0 Å². The van der Waals surface area contributed by atoms with Gasteiger partial charge in [0.25, 0.3) is 0 Å². The Balaban J connectivity index is 1.33. The maximum Gasteiger partial charge on any atom is 0.242 e. The number of aryl methyl sites for hydroxylation is 1. The van der Waals surface area contributed by atoms with Crippen LogP contribution in [0.15, 0.2) is 54.6 Å². The molecule has 6 nitrogen and oxygen atoms in total. The lowest BCUT2D eigenvalue weighted by Crippen LogP contribution is -2.52. The molecular weight excluding hydrogens is 397 g/mol. The standard InChI is InChI=1S/C24H28FN3O3/c25-21-10-4-9-20(16-21)17-22(29)26-18-24(31)28-14-12-27(13-15-28)23(30)11-5-8-19-6-2-1-3-7-19/h1-4,6-7,9-10,16H,5,8,11-15,17-18H2,(H,26,29). The summed E-state index contributed by atoms with van der Waals surface area (Å²) in [6.45, 7) is 1.84. The van der Waals surface area contributed by atoms with Gasteiger partial charge in [0.05, 0.1) is 13.0 Å². The zero-order valence-corrected chi connectivity index (χ0v) is 17.6. The first-order chi connectivity index (χ1) is 15.0. The molecule has 1 aliphatic rings. The van der Waals surface area contributed by atoms with Crippen LogP contribution in [0, 0.1) is 5.82 Å². The molecule has 1 heterocycles. The van der Waals surface area contributed by atoms with Gasteiger partial charge in [-0.1, -0.05) is 42.5 Å². The molecule has 0 unspecified atom stereocenters. The van der Waals surface area contributed by atoms with Crippen LogP contribution >= 0.6 is 0 Å². The van der Waals surface area contributed by atoms with Crippen molar-refractivity contribution >= 4 is 17.7 Å².